The third kappa shape index (κ3) is 6.12. The predicted molar refractivity (Wildman–Crippen MR) is 128 cm³/mol. The van der Waals surface area contributed by atoms with Crippen LogP contribution < -0.4 is 0 Å². The Morgan fingerprint density at radius 1 is 1.00 bits per heavy atom. The number of nitrogens with zero attached hydrogens (tertiary/aromatic N) is 2. The number of hydrogen-bond donors (Lipinski definition) is 0. The minimum atomic E-state index is -4.07. The number of non-ortho nitro benzene ring substituents is 1. The molecule has 0 aromatic heterocycles. The predicted octanol–water partition coefficient (Wildman–Crippen LogP) is 5.47. The van der Waals surface area contributed by atoms with E-state index in [1.165, 1.54) is 22.5 Å². The van der Waals surface area contributed by atoms with Crippen LogP contribution in [0.15, 0.2) is 71.6 Å². The van der Waals surface area contributed by atoms with Crippen molar-refractivity contribution in [1.82, 2.24) is 4.31 Å². The van der Waals surface area contributed by atoms with Gasteiger partial charge in [-0.2, -0.15) is 4.31 Å². The van der Waals surface area contributed by atoms with Crippen molar-refractivity contribution < 1.29 is 22.9 Å². The second-order valence-electron chi connectivity index (χ2n) is 7.18. The standard InChI is InChI=1S/C23H20Cl2N2O6S/c1-2-33-23(28)17-5-3-16(4-6-17)14-26(15-18-7-8-19(24)13-22(18)25)34(31,32)21-11-9-20(10-12-21)27(29)30/h3-13H,2,14-15H2,1H3. The van der Waals surface area contributed by atoms with Crippen LogP contribution in [-0.4, -0.2) is 30.2 Å². The highest BCUT2D eigenvalue weighted by Gasteiger charge is 2.26. The summed E-state index contributed by atoms with van der Waals surface area (Å²) in [6.45, 7) is 1.83. The van der Waals surface area contributed by atoms with Gasteiger partial charge in [0.1, 0.15) is 0 Å². The van der Waals surface area contributed by atoms with Crippen LogP contribution in [0.5, 0.6) is 0 Å². The summed E-state index contributed by atoms with van der Waals surface area (Å²) < 4.78 is 33.1. The van der Waals surface area contributed by atoms with Gasteiger partial charge >= 0.3 is 5.97 Å². The first kappa shape index (κ1) is 25.6. The molecule has 0 N–H and O–H groups in total. The van der Waals surface area contributed by atoms with Crippen molar-refractivity contribution in [3.63, 3.8) is 0 Å². The fourth-order valence-electron chi connectivity index (χ4n) is 3.12. The smallest absolute Gasteiger partial charge is 0.338 e. The van der Waals surface area contributed by atoms with Gasteiger partial charge in [0, 0.05) is 35.3 Å². The van der Waals surface area contributed by atoms with Crippen molar-refractivity contribution in [2.45, 2.75) is 24.9 Å². The Morgan fingerprint density at radius 2 is 1.65 bits per heavy atom. The molecule has 0 aliphatic carbocycles. The van der Waals surface area contributed by atoms with Gasteiger partial charge in [0.05, 0.1) is 22.0 Å². The van der Waals surface area contributed by atoms with Crippen LogP contribution in [0, 0.1) is 10.1 Å². The first-order valence-corrected chi connectivity index (χ1v) is 12.3. The van der Waals surface area contributed by atoms with E-state index >= 15 is 0 Å². The molecule has 0 amide bonds. The number of carbonyl (C=O) groups excluding carboxylic acids is 1. The van der Waals surface area contributed by atoms with E-state index in [4.69, 9.17) is 27.9 Å². The van der Waals surface area contributed by atoms with E-state index in [-0.39, 0.29) is 30.3 Å². The lowest BCUT2D eigenvalue weighted by Crippen LogP contribution is -2.30. The lowest BCUT2D eigenvalue weighted by atomic mass is 10.1. The maximum atomic E-state index is 13.5. The van der Waals surface area contributed by atoms with Crippen molar-refractivity contribution in [3.05, 3.63) is 104 Å². The maximum Gasteiger partial charge on any atom is 0.338 e. The number of nitro benzene ring substituents is 1. The van der Waals surface area contributed by atoms with Crippen molar-refractivity contribution >= 4 is 44.9 Å². The molecule has 8 nitrogen and oxygen atoms in total. The van der Waals surface area contributed by atoms with E-state index in [2.05, 4.69) is 0 Å². The topological polar surface area (TPSA) is 107 Å². The van der Waals surface area contributed by atoms with E-state index in [0.717, 1.165) is 12.1 Å². The SMILES string of the molecule is CCOC(=O)c1ccc(CN(Cc2ccc(Cl)cc2Cl)S(=O)(=O)c2ccc([N+](=O)[O-])cc2)cc1. The largest absolute Gasteiger partial charge is 0.462 e. The minimum Gasteiger partial charge on any atom is -0.462 e. The number of rotatable bonds is 9. The van der Waals surface area contributed by atoms with Crippen LogP contribution in [0.4, 0.5) is 5.69 Å². The Kier molecular flexibility index (Phi) is 8.27. The molecule has 0 aliphatic rings. The minimum absolute atomic E-state index is 0.0403. The monoisotopic (exact) mass is 522 g/mol. The van der Waals surface area contributed by atoms with E-state index in [0.29, 0.717) is 26.7 Å². The third-order valence-electron chi connectivity index (χ3n) is 4.87. The highest BCUT2D eigenvalue weighted by atomic mass is 35.5. The lowest BCUT2D eigenvalue weighted by Gasteiger charge is -2.23. The van der Waals surface area contributed by atoms with Crippen LogP contribution in [-0.2, 0) is 27.8 Å². The fraction of sp³-hybridized carbons (Fsp3) is 0.174. The number of sulfonamides is 1. The molecule has 0 unspecified atom stereocenters. The Morgan fingerprint density at radius 3 is 2.21 bits per heavy atom. The molecule has 178 valence electrons. The molecule has 11 heteroatoms. The first-order chi connectivity index (χ1) is 16.1. The summed E-state index contributed by atoms with van der Waals surface area (Å²) in [7, 11) is -4.07. The number of ether oxygens (including phenoxy) is 1. The number of halogens is 2. The highest BCUT2D eigenvalue weighted by molar-refractivity contribution is 7.89. The normalized spacial score (nSPS) is 11.4. The average Bonchev–Trinajstić information content (AvgIpc) is 2.80. The van der Waals surface area contributed by atoms with Gasteiger partial charge in [-0.1, -0.05) is 41.4 Å². The van der Waals surface area contributed by atoms with Crippen LogP contribution in [0.1, 0.15) is 28.4 Å². The molecular formula is C23H20Cl2N2O6S. The Labute approximate surface area is 206 Å². The quantitative estimate of drug-likeness (QED) is 0.209. The number of hydrogen-bond acceptors (Lipinski definition) is 6. The van der Waals surface area contributed by atoms with Crippen molar-refractivity contribution in [1.29, 1.82) is 0 Å². The molecule has 0 saturated carbocycles. The van der Waals surface area contributed by atoms with Crippen molar-refractivity contribution in [2.24, 2.45) is 0 Å². The highest BCUT2D eigenvalue weighted by Crippen LogP contribution is 2.27. The van der Waals surface area contributed by atoms with Gasteiger partial charge in [0.25, 0.3) is 5.69 Å². The van der Waals surface area contributed by atoms with Crippen LogP contribution in [0.25, 0.3) is 0 Å². The van der Waals surface area contributed by atoms with Gasteiger partial charge in [0.15, 0.2) is 0 Å². The van der Waals surface area contributed by atoms with Crippen LogP contribution in [0.2, 0.25) is 10.0 Å². The second-order valence-corrected chi connectivity index (χ2v) is 9.96. The maximum absolute atomic E-state index is 13.5. The number of nitro groups is 1. The molecule has 0 atom stereocenters. The summed E-state index contributed by atoms with van der Waals surface area (Å²) in [5.74, 6) is -0.475. The van der Waals surface area contributed by atoms with Gasteiger partial charge in [-0.25, -0.2) is 13.2 Å². The van der Waals surface area contributed by atoms with E-state index < -0.39 is 20.9 Å². The molecule has 3 aromatic carbocycles. The number of carbonyl (C=O) groups is 1. The van der Waals surface area contributed by atoms with E-state index in [1.807, 2.05) is 0 Å². The first-order valence-electron chi connectivity index (χ1n) is 10.1. The summed E-state index contributed by atoms with van der Waals surface area (Å²) in [5, 5.41) is 11.7. The van der Waals surface area contributed by atoms with Crippen molar-refractivity contribution in [3.8, 4) is 0 Å². The summed E-state index contributed by atoms with van der Waals surface area (Å²) in [6, 6.07) is 15.8. The van der Waals surface area contributed by atoms with Gasteiger partial charge in [-0.3, -0.25) is 10.1 Å². The van der Waals surface area contributed by atoms with Gasteiger partial charge in [0.2, 0.25) is 10.0 Å². The zero-order valence-corrected chi connectivity index (χ0v) is 20.3. The zero-order valence-electron chi connectivity index (χ0n) is 18.0. The molecule has 34 heavy (non-hydrogen) atoms. The second kappa shape index (κ2) is 11.0. The summed E-state index contributed by atoms with van der Waals surface area (Å²) in [4.78, 5) is 22.1. The molecule has 0 saturated heterocycles. The zero-order chi connectivity index (χ0) is 24.9. The Balaban J connectivity index is 1.96. The van der Waals surface area contributed by atoms with Gasteiger partial charge < -0.3 is 4.74 Å². The van der Waals surface area contributed by atoms with E-state index in [1.54, 1.807) is 43.3 Å². The summed E-state index contributed by atoms with van der Waals surface area (Å²) in [6.07, 6.45) is 0. The molecule has 0 aliphatic heterocycles. The van der Waals surface area contributed by atoms with Crippen LogP contribution >= 0.6 is 23.2 Å². The lowest BCUT2D eigenvalue weighted by molar-refractivity contribution is -0.384. The fourth-order valence-corrected chi connectivity index (χ4v) is 4.99. The number of esters is 1. The molecular weight excluding hydrogens is 503 g/mol. The number of benzene rings is 3. The van der Waals surface area contributed by atoms with E-state index in [9.17, 15) is 23.3 Å². The molecule has 0 bridgehead atoms. The summed E-state index contributed by atoms with van der Waals surface area (Å²) in [5.41, 5.74) is 1.26. The summed E-state index contributed by atoms with van der Waals surface area (Å²) >= 11 is 12.2. The molecule has 0 heterocycles. The van der Waals surface area contributed by atoms with Gasteiger partial charge in [-0.15, -0.1) is 0 Å². The third-order valence-corrected chi connectivity index (χ3v) is 7.26. The Hall–Kier alpha value is -2.98. The molecule has 0 radical (unpaired) electrons. The molecule has 3 aromatic rings. The van der Waals surface area contributed by atoms with Crippen LogP contribution in [0.3, 0.4) is 0 Å². The molecule has 0 fully saturated rings. The molecule has 0 spiro atoms. The van der Waals surface area contributed by atoms with Gasteiger partial charge in [-0.05, 0) is 54.4 Å². The Bertz CT molecular complexity index is 1300. The average molecular weight is 523 g/mol. The molecule has 3 rings (SSSR count). The van der Waals surface area contributed by atoms with Crippen molar-refractivity contribution in [2.75, 3.05) is 6.61 Å².